The zero-order chi connectivity index (χ0) is 27.5. The van der Waals surface area contributed by atoms with E-state index in [1.807, 2.05) is 0 Å². The van der Waals surface area contributed by atoms with Crippen molar-refractivity contribution >= 4 is 16.9 Å². The minimum absolute atomic E-state index is 0.0592. The summed E-state index contributed by atoms with van der Waals surface area (Å²) in [7, 11) is 0. The predicted octanol–water partition coefficient (Wildman–Crippen LogP) is 4.49. The maximum Gasteiger partial charge on any atom is 0.344 e. The molecule has 3 rings (SSSR count). The second-order valence-electron chi connectivity index (χ2n) is 10.0. The van der Waals surface area contributed by atoms with Gasteiger partial charge in [0.2, 0.25) is 0 Å². The number of halogens is 1. The van der Waals surface area contributed by atoms with Crippen molar-refractivity contribution in [3.8, 4) is 11.1 Å². The Kier molecular flexibility index (Phi) is 10.8. The molecule has 8 nitrogen and oxygen atoms in total. The van der Waals surface area contributed by atoms with Gasteiger partial charge in [0.25, 0.3) is 5.56 Å². The molecule has 0 aliphatic carbocycles. The van der Waals surface area contributed by atoms with E-state index in [2.05, 4.69) is 0 Å². The Morgan fingerprint density at radius 2 is 1.58 bits per heavy atom. The first kappa shape index (κ1) is 29.3. The predicted molar refractivity (Wildman–Crippen MR) is 146 cm³/mol. The Morgan fingerprint density at radius 1 is 0.974 bits per heavy atom. The van der Waals surface area contributed by atoms with E-state index in [0.29, 0.717) is 35.2 Å². The average molecular weight is 528 g/mol. The highest BCUT2D eigenvalue weighted by Crippen LogP contribution is 2.20. The summed E-state index contributed by atoms with van der Waals surface area (Å²) in [5.41, 5.74) is 10.6. The maximum atomic E-state index is 13.2. The van der Waals surface area contributed by atoms with Crippen LogP contribution in [0.1, 0.15) is 64.7 Å². The molecule has 1 atom stereocenters. The summed E-state index contributed by atoms with van der Waals surface area (Å²) in [5.74, 6) is -0.843. The molecule has 0 radical (unpaired) electrons. The number of esters is 1. The van der Waals surface area contributed by atoms with E-state index in [4.69, 9.17) is 20.6 Å². The van der Waals surface area contributed by atoms with Crippen molar-refractivity contribution in [1.82, 2.24) is 4.57 Å². The molecule has 0 aliphatic rings. The Hall–Kier alpha value is -3.30. The zero-order valence-electron chi connectivity index (χ0n) is 22.0. The number of unbranched alkanes of at least 4 members (excludes halogenated alkanes) is 8. The average Bonchev–Trinajstić information content (AvgIpc) is 2.89. The van der Waals surface area contributed by atoms with Crippen molar-refractivity contribution in [1.29, 1.82) is 0 Å². The van der Waals surface area contributed by atoms with Gasteiger partial charge in [-0.05, 0) is 43.5 Å². The molecule has 0 aliphatic heterocycles. The number of carbonyl (C=O) groups excluding carboxylic acids is 1. The summed E-state index contributed by atoms with van der Waals surface area (Å²) in [6, 6.07) is 8.66. The number of nitrogens with zero attached hydrogens (tertiary/aromatic N) is 1. The largest absolute Gasteiger partial charge is 0.464 e. The molecule has 1 unspecified atom stereocenters. The lowest BCUT2D eigenvalue weighted by Crippen LogP contribution is -2.52. The van der Waals surface area contributed by atoms with Crippen LogP contribution in [0.15, 0.2) is 56.6 Å². The smallest absolute Gasteiger partial charge is 0.344 e. The Morgan fingerprint density at radius 3 is 2.21 bits per heavy atom. The van der Waals surface area contributed by atoms with E-state index in [0.717, 1.165) is 57.8 Å². The maximum absolute atomic E-state index is 13.2. The van der Waals surface area contributed by atoms with Gasteiger partial charge in [0.05, 0.1) is 18.4 Å². The van der Waals surface area contributed by atoms with Crippen LogP contribution < -0.4 is 22.7 Å². The van der Waals surface area contributed by atoms with Gasteiger partial charge in [0.15, 0.2) is 5.58 Å². The molecule has 1 aromatic carbocycles. The molecule has 2 aromatic heterocycles. The quantitative estimate of drug-likeness (QED) is 0.220. The number of carbonyl (C=O) groups is 1. The summed E-state index contributed by atoms with van der Waals surface area (Å²) in [6.45, 7) is 2.56. The molecule has 206 valence electrons. The Labute approximate surface area is 221 Å². The molecule has 0 saturated carbocycles. The van der Waals surface area contributed by atoms with Crippen molar-refractivity contribution < 1.29 is 18.3 Å². The Bertz CT molecular complexity index is 1310. The third kappa shape index (κ3) is 8.36. The molecule has 9 heteroatoms. The molecule has 3 aromatic rings. The molecular weight excluding hydrogens is 489 g/mol. The van der Waals surface area contributed by atoms with Crippen LogP contribution in [-0.4, -0.2) is 29.2 Å². The highest BCUT2D eigenvalue weighted by Gasteiger charge is 2.27. The fourth-order valence-corrected chi connectivity index (χ4v) is 4.17. The number of rotatable bonds is 15. The van der Waals surface area contributed by atoms with Gasteiger partial charge in [-0.1, -0.05) is 57.1 Å². The van der Waals surface area contributed by atoms with Crippen LogP contribution in [-0.2, 0) is 16.1 Å². The van der Waals surface area contributed by atoms with E-state index in [9.17, 15) is 18.8 Å². The van der Waals surface area contributed by atoms with Crippen LogP contribution >= 0.6 is 0 Å². The number of hydrogen-bond donors (Lipinski definition) is 2. The number of benzene rings is 1. The number of ether oxygens (including phenoxy) is 1. The van der Waals surface area contributed by atoms with E-state index in [-0.39, 0.29) is 12.1 Å². The summed E-state index contributed by atoms with van der Waals surface area (Å²) >= 11 is 0. The van der Waals surface area contributed by atoms with Gasteiger partial charge in [-0.15, -0.1) is 0 Å². The van der Waals surface area contributed by atoms with Crippen LogP contribution in [0.4, 0.5) is 4.39 Å². The summed E-state index contributed by atoms with van der Waals surface area (Å²) < 4.78 is 25.4. The zero-order valence-corrected chi connectivity index (χ0v) is 22.0. The third-order valence-corrected chi connectivity index (χ3v) is 6.66. The van der Waals surface area contributed by atoms with Crippen LogP contribution in [0, 0.1) is 5.82 Å². The van der Waals surface area contributed by atoms with Crippen LogP contribution in [0.25, 0.3) is 22.1 Å². The topological polar surface area (TPSA) is 131 Å². The van der Waals surface area contributed by atoms with Crippen LogP contribution in [0.3, 0.4) is 0 Å². The van der Waals surface area contributed by atoms with Crippen molar-refractivity contribution in [2.24, 2.45) is 11.5 Å². The van der Waals surface area contributed by atoms with Crippen LogP contribution in [0.2, 0.25) is 0 Å². The molecule has 0 amide bonds. The summed E-state index contributed by atoms with van der Waals surface area (Å²) in [6.07, 6.45) is 10.9. The van der Waals surface area contributed by atoms with Crippen molar-refractivity contribution in [2.75, 3.05) is 13.2 Å². The number of pyridine rings is 1. The van der Waals surface area contributed by atoms with Crippen molar-refractivity contribution in [3.05, 3.63) is 69.2 Å². The number of nitrogens with two attached hydrogens (primary N) is 2. The standard InChI is InChI=1S/C29H38FN3O5/c1-29(32,20-31)28(36)37-16-10-8-6-4-2-3-5-7-9-15-33-19-25-22(18-26(33)34)17-24(27(35)38-25)21-11-13-23(30)14-12-21/h11-14,17-19H,2-10,15-16,20,31-32H2,1H3. The van der Waals surface area contributed by atoms with E-state index >= 15 is 0 Å². The molecule has 0 spiro atoms. The normalized spacial score (nSPS) is 12.9. The molecular formula is C29H38FN3O5. The first-order valence-corrected chi connectivity index (χ1v) is 13.3. The first-order chi connectivity index (χ1) is 18.2. The van der Waals surface area contributed by atoms with E-state index in [1.165, 1.54) is 30.3 Å². The molecule has 0 fully saturated rings. The lowest BCUT2D eigenvalue weighted by molar-refractivity contribution is -0.149. The number of fused-ring (bicyclic) bond motifs is 1. The highest BCUT2D eigenvalue weighted by atomic mass is 19.1. The van der Waals surface area contributed by atoms with E-state index < -0.39 is 23.0 Å². The minimum atomic E-state index is -1.12. The van der Waals surface area contributed by atoms with Crippen molar-refractivity contribution in [3.63, 3.8) is 0 Å². The minimum Gasteiger partial charge on any atom is -0.464 e. The lowest BCUT2D eigenvalue weighted by Gasteiger charge is -2.19. The van der Waals surface area contributed by atoms with Gasteiger partial charge in [-0.3, -0.25) is 9.59 Å². The number of hydrogen-bond acceptors (Lipinski definition) is 7. The van der Waals surface area contributed by atoms with Crippen molar-refractivity contribution in [2.45, 2.75) is 76.8 Å². The number of aromatic nitrogens is 1. The highest BCUT2D eigenvalue weighted by molar-refractivity contribution is 5.81. The molecule has 38 heavy (non-hydrogen) atoms. The fourth-order valence-electron chi connectivity index (χ4n) is 4.17. The Balaban J connectivity index is 1.34. The molecule has 4 N–H and O–H groups in total. The van der Waals surface area contributed by atoms with Gasteiger partial charge in [0, 0.05) is 24.5 Å². The van der Waals surface area contributed by atoms with Gasteiger partial charge < -0.3 is 25.2 Å². The SMILES string of the molecule is CC(N)(CN)C(=O)OCCCCCCCCCCCn1cc2oc(=O)c(-c3ccc(F)cc3)cc2cc1=O. The van der Waals surface area contributed by atoms with Gasteiger partial charge >= 0.3 is 11.6 Å². The lowest BCUT2D eigenvalue weighted by atomic mass is 10.1. The van der Waals surface area contributed by atoms with Gasteiger partial charge in [-0.25, -0.2) is 9.18 Å². The molecule has 0 saturated heterocycles. The number of aryl methyl sites for hydroxylation is 1. The molecule has 2 heterocycles. The monoisotopic (exact) mass is 527 g/mol. The third-order valence-electron chi connectivity index (χ3n) is 6.66. The van der Waals surface area contributed by atoms with Gasteiger partial charge in [-0.2, -0.15) is 0 Å². The summed E-state index contributed by atoms with van der Waals surface area (Å²) in [5, 5.41) is 0.539. The second kappa shape index (κ2) is 14.0. The first-order valence-electron chi connectivity index (χ1n) is 13.3. The molecule has 0 bridgehead atoms. The fraction of sp³-hybridized carbons (Fsp3) is 0.483. The van der Waals surface area contributed by atoms with Crippen LogP contribution in [0.5, 0.6) is 0 Å². The van der Waals surface area contributed by atoms with E-state index in [1.54, 1.807) is 23.8 Å². The second-order valence-corrected chi connectivity index (χ2v) is 10.0. The van der Waals surface area contributed by atoms with Gasteiger partial charge in [0.1, 0.15) is 11.4 Å². The summed E-state index contributed by atoms with van der Waals surface area (Å²) in [4.78, 5) is 36.8.